The predicted octanol–water partition coefficient (Wildman–Crippen LogP) is 4.78. The summed E-state index contributed by atoms with van der Waals surface area (Å²) < 4.78 is 65.6. The van der Waals surface area contributed by atoms with Crippen LogP contribution in [-0.2, 0) is 16.2 Å². The lowest BCUT2D eigenvalue weighted by Gasteiger charge is -2.15. The van der Waals surface area contributed by atoms with E-state index < -0.39 is 26.7 Å². The smallest absolute Gasteiger partial charge is 0.279 e. The maximum atomic E-state index is 12.8. The van der Waals surface area contributed by atoms with E-state index in [2.05, 4.69) is 4.72 Å². The molecule has 0 radical (unpaired) electrons. The van der Waals surface area contributed by atoms with Crippen molar-refractivity contribution in [2.75, 3.05) is 4.72 Å². The molecule has 3 nitrogen and oxygen atoms in total. The van der Waals surface area contributed by atoms with Gasteiger partial charge in [-0.05, 0) is 43.2 Å². The minimum Gasteiger partial charge on any atom is -0.279 e. The fraction of sp³-hybridized carbons (Fsp3) is 0.200. The van der Waals surface area contributed by atoms with Crippen LogP contribution in [0.4, 0.5) is 18.9 Å². The molecule has 0 heterocycles. The number of benzene rings is 2. The molecule has 0 spiro atoms. The highest BCUT2D eigenvalue weighted by atomic mass is 35.5. The maximum absolute atomic E-state index is 12.8. The molecule has 0 bridgehead atoms. The summed E-state index contributed by atoms with van der Waals surface area (Å²) in [7, 11) is -4.25. The molecule has 1 N–H and O–H groups in total. The SMILES string of the molecule is Cc1cccc(C)c1NS(=O)(=O)c1cc(C(F)(F)F)ccc1Cl. The van der Waals surface area contributed by atoms with Crippen molar-refractivity contribution >= 4 is 27.3 Å². The highest BCUT2D eigenvalue weighted by molar-refractivity contribution is 7.92. The fourth-order valence-corrected chi connectivity index (χ4v) is 3.78. The number of para-hydroxylation sites is 1. The number of anilines is 1. The van der Waals surface area contributed by atoms with E-state index in [0.29, 0.717) is 22.9 Å². The Hall–Kier alpha value is -1.73. The van der Waals surface area contributed by atoms with Gasteiger partial charge in [0.1, 0.15) is 4.90 Å². The summed E-state index contributed by atoms with van der Waals surface area (Å²) in [6.07, 6.45) is -4.66. The molecule has 0 fully saturated rings. The number of rotatable bonds is 3. The number of hydrogen-bond donors (Lipinski definition) is 1. The van der Waals surface area contributed by atoms with Crippen LogP contribution < -0.4 is 4.72 Å². The van der Waals surface area contributed by atoms with Crippen molar-refractivity contribution in [2.24, 2.45) is 0 Å². The van der Waals surface area contributed by atoms with Gasteiger partial charge in [0.25, 0.3) is 10.0 Å². The number of nitrogens with one attached hydrogen (secondary N) is 1. The summed E-state index contributed by atoms with van der Waals surface area (Å²) in [5.74, 6) is 0. The van der Waals surface area contributed by atoms with E-state index in [0.717, 1.165) is 12.1 Å². The van der Waals surface area contributed by atoms with Gasteiger partial charge in [0.2, 0.25) is 0 Å². The van der Waals surface area contributed by atoms with Gasteiger partial charge in [-0.3, -0.25) is 4.72 Å². The quantitative estimate of drug-likeness (QED) is 0.853. The molecule has 0 aliphatic heterocycles. The first-order valence-electron chi connectivity index (χ1n) is 6.48. The van der Waals surface area contributed by atoms with Crippen molar-refractivity contribution in [3.05, 3.63) is 58.1 Å². The molecule has 0 amide bonds. The first kappa shape index (κ1) is 17.6. The van der Waals surface area contributed by atoms with Crippen LogP contribution in [0, 0.1) is 13.8 Å². The number of alkyl halides is 3. The lowest BCUT2D eigenvalue weighted by Crippen LogP contribution is -2.16. The molecule has 23 heavy (non-hydrogen) atoms. The predicted molar refractivity (Wildman–Crippen MR) is 83.2 cm³/mol. The van der Waals surface area contributed by atoms with Crippen molar-refractivity contribution in [1.29, 1.82) is 0 Å². The van der Waals surface area contributed by atoms with Crippen LogP contribution in [0.2, 0.25) is 5.02 Å². The van der Waals surface area contributed by atoms with Crippen LogP contribution in [-0.4, -0.2) is 8.42 Å². The Balaban J connectivity index is 2.52. The van der Waals surface area contributed by atoms with Gasteiger partial charge in [-0.15, -0.1) is 0 Å². The van der Waals surface area contributed by atoms with E-state index in [-0.39, 0.29) is 5.02 Å². The van der Waals surface area contributed by atoms with Crippen LogP contribution in [0.1, 0.15) is 16.7 Å². The molecule has 0 aromatic heterocycles. The van der Waals surface area contributed by atoms with Crippen LogP contribution >= 0.6 is 11.6 Å². The van der Waals surface area contributed by atoms with Crippen LogP contribution in [0.15, 0.2) is 41.3 Å². The maximum Gasteiger partial charge on any atom is 0.416 e. The molecule has 2 rings (SSSR count). The minimum atomic E-state index is -4.66. The molecular weight excluding hydrogens is 351 g/mol. The third-order valence-corrected chi connectivity index (χ3v) is 5.10. The van der Waals surface area contributed by atoms with Gasteiger partial charge in [-0.1, -0.05) is 29.8 Å². The van der Waals surface area contributed by atoms with E-state index in [9.17, 15) is 21.6 Å². The van der Waals surface area contributed by atoms with Gasteiger partial charge in [0.15, 0.2) is 0 Å². The zero-order valence-electron chi connectivity index (χ0n) is 12.2. The number of sulfonamides is 1. The Labute approximate surface area is 137 Å². The van der Waals surface area contributed by atoms with Gasteiger partial charge < -0.3 is 0 Å². The monoisotopic (exact) mass is 363 g/mol. The van der Waals surface area contributed by atoms with Gasteiger partial charge in [0.05, 0.1) is 16.3 Å². The Bertz CT molecular complexity index is 828. The van der Waals surface area contributed by atoms with E-state index in [4.69, 9.17) is 11.6 Å². The number of hydrogen-bond acceptors (Lipinski definition) is 2. The Kier molecular flexibility index (Phi) is 4.64. The third-order valence-electron chi connectivity index (χ3n) is 3.27. The van der Waals surface area contributed by atoms with Gasteiger partial charge in [-0.2, -0.15) is 13.2 Å². The second-order valence-electron chi connectivity index (χ2n) is 5.02. The topological polar surface area (TPSA) is 46.2 Å². The second-order valence-corrected chi connectivity index (χ2v) is 7.07. The molecule has 2 aromatic rings. The van der Waals surface area contributed by atoms with Crippen molar-refractivity contribution in [2.45, 2.75) is 24.9 Å². The lowest BCUT2D eigenvalue weighted by atomic mass is 10.1. The second kappa shape index (κ2) is 6.05. The molecular formula is C15H13ClF3NO2S. The largest absolute Gasteiger partial charge is 0.416 e. The van der Waals surface area contributed by atoms with Gasteiger partial charge >= 0.3 is 6.18 Å². The molecule has 0 aliphatic carbocycles. The molecule has 0 atom stereocenters. The highest BCUT2D eigenvalue weighted by Gasteiger charge is 2.33. The number of aryl methyl sites for hydroxylation is 2. The average Bonchev–Trinajstić information content (AvgIpc) is 2.42. The number of halogens is 4. The average molecular weight is 364 g/mol. The van der Waals surface area contributed by atoms with Crippen LogP contribution in [0.25, 0.3) is 0 Å². The van der Waals surface area contributed by atoms with Crippen LogP contribution in [0.5, 0.6) is 0 Å². The summed E-state index contributed by atoms with van der Waals surface area (Å²) in [5.41, 5.74) is 0.540. The van der Waals surface area contributed by atoms with E-state index >= 15 is 0 Å². The summed E-state index contributed by atoms with van der Waals surface area (Å²) >= 11 is 5.79. The third kappa shape index (κ3) is 3.79. The zero-order chi connectivity index (χ0) is 17.4. The van der Waals surface area contributed by atoms with Crippen molar-refractivity contribution in [3.63, 3.8) is 0 Å². The van der Waals surface area contributed by atoms with Crippen molar-refractivity contribution < 1.29 is 21.6 Å². The Morgan fingerprint density at radius 1 is 1.04 bits per heavy atom. The first-order chi connectivity index (χ1) is 10.5. The summed E-state index contributed by atoms with van der Waals surface area (Å²) in [5, 5.41) is -0.281. The fourth-order valence-electron chi connectivity index (χ4n) is 2.05. The van der Waals surface area contributed by atoms with E-state index in [1.54, 1.807) is 32.0 Å². The summed E-state index contributed by atoms with van der Waals surface area (Å²) in [6.45, 7) is 3.39. The van der Waals surface area contributed by atoms with Crippen molar-refractivity contribution in [3.8, 4) is 0 Å². The normalized spacial score (nSPS) is 12.3. The van der Waals surface area contributed by atoms with Gasteiger partial charge in [0, 0.05) is 0 Å². The van der Waals surface area contributed by atoms with Crippen molar-refractivity contribution in [1.82, 2.24) is 0 Å². The molecule has 0 saturated carbocycles. The first-order valence-corrected chi connectivity index (χ1v) is 8.34. The standard InChI is InChI=1S/C15H13ClF3NO2S/c1-9-4-3-5-10(2)14(9)20-23(21,22)13-8-11(15(17,18)19)6-7-12(13)16/h3-8,20H,1-2H3. The highest BCUT2D eigenvalue weighted by Crippen LogP contribution is 2.34. The van der Waals surface area contributed by atoms with Crippen LogP contribution in [0.3, 0.4) is 0 Å². The molecule has 124 valence electrons. The molecule has 0 aliphatic rings. The Morgan fingerprint density at radius 2 is 1.61 bits per heavy atom. The van der Waals surface area contributed by atoms with Gasteiger partial charge in [-0.25, -0.2) is 8.42 Å². The minimum absolute atomic E-state index is 0.281. The van der Waals surface area contributed by atoms with E-state index in [1.807, 2.05) is 0 Å². The molecule has 2 aromatic carbocycles. The summed E-state index contributed by atoms with van der Waals surface area (Å²) in [4.78, 5) is -0.614. The van der Waals surface area contributed by atoms with E-state index in [1.165, 1.54) is 0 Å². The molecule has 8 heteroatoms. The zero-order valence-corrected chi connectivity index (χ0v) is 13.8. The summed E-state index contributed by atoms with van der Waals surface area (Å²) in [6, 6.07) is 7.32. The Morgan fingerprint density at radius 3 is 2.13 bits per heavy atom. The molecule has 0 saturated heterocycles. The molecule has 0 unspecified atom stereocenters. The lowest BCUT2D eigenvalue weighted by molar-refractivity contribution is -0.137.